The predicted octanol–water partition coefficient (Wildman–Crippen LogP) is 17.6. The molecule has 1 nitrogen and oxygen atoms in total. The van der Waals surface area contributed by atoms with Crippen molar-refractivity contribution in [2.45, 2.75) is 38.5 Å². The van der Waals surface area contributed by atoms with E-state index in [1.807, 2.05) is 0 Å². The van der Waals surface area contributed by atoms with E-state index in [-0.39, 0.29) is 10.8 Å². The minimum atomic E-state index is -0.160. The van der Waals surface area contributed by atoms with Gasteiger partial charge in [-0.15, -0.1) is 0 Å². The van der Waals surface area contributed by atoms with Crippen molar-refractivity contribution >= 4 is 27.8 Å². The van der Waals surface area contributed by atoms with Gasteiger partial charge in [-0.3, -0.25) is 0 Å². The van der Waals surface area contributed by atoms with Gasteiger partial charge in [-0.25, -0.2) is 0 Å². The van der Waals surface area contributed by atoms with Crippen molar-refractivity contribution in [1.82, 2.24) is 0 Å². The van der Waals surface area contributed by atoms with Gasteiger partial charge in [-0.2, -0.15) is 0 Å². The SMILES string of the molecule is CC1(C)c2ccccc2-c2ccc(-c3ccc(N(c4ccc(-c5cccc6cccc(-c7ccccc7)c56)cc4)c4ccccc4-c4cccc5c4C(C)(C)c4ccccc4-5)cc3)cc21. The van der Waals surface area contributed by atoms with Crippen molar-refractivity contribution in [3.8, 4) is 66.8 Å². The Kier molecular flexibility index (Phi) is 8.94. The molecule has 0 aliphatic heterocycles. The summed E-state index contributed by atoms with van der Waals surface area (Å²) < 4.78 is 0. The molecular weight excluding hydrogens is 783 g/mol. The molecule has 12 rings (SSSR count). The van der Waals surface area contributed by atoms with Crippen LogP contribution in [0.1, 0.15) is 49.9 Å². The fourth-order valence-electron chi connectivity index (χ4n) is 11.3. The molecule has 0 N–H and O–H groups in total. The van der Waals surface area contributed by atoms with Gasteiger partial charge in [0.25, 0.3) is 0 Å². The number of nitrogens with zero attached hydrogens (tertiary/aromatic N) is 1. The first-order valence-electron chi connectivity index (χ1n) is 22.9. The van der Waals surface area contributed by atoms with Crippen LogP contribution in [0.4, 0.5) is 17.1 Å². The number of benzene rings is 10. The molecule has 0 saturated carbocycles. The summed E-state index contributed by atoms with van der Waals surface area (Å²) in [5.41, 5.74) is 23.8. The van der Waals surface area contributed by atoms with E-state index in [0.29, 0.717) is 0 Å². The van der Waals surface area contributed by atoms with Gasteiger partial charge in [-0.05, 0) is 131 Å². The molecule has 1 heteroatoms. The van der Waals surface area contributed by atoms with Crippen LogP contribution < -0.4 is 4.90 Å². The van der Waals surface area contributed by atoms with E-state index in [9.17, 15) is 0 Å². The average molecular weight is 832 g/mol. The molecular formula is C64H49N. The summed E-state index contributed by atoms with van der Waals surface area (Å²) in [6, 6.07) is 83.2. The first-order chi connectivity index (χ1) is 31.8. The molecule has 10 aromatic rings. The zero-order valence-corrected chi connectivity index (χ0v) is 37.3. The quantitative estimate of drug-likeness (QED) is 0.155. The second kappa shape index (κ2) is 14.9. The van der Waals surface area contributed by atoms with Crippen LogP contribution in [0.15, 0.2) is 224 Å². The molecule has 0 amide bonds. The summed E-state index contributed by atoms with van der Waals surface area (Å²) in [6.45, 7) is 9.48. The first-order valence-corrected chi connectivity index (χ1v) is 22.9. The number of rotatable bonds is 7. The van der Waals surface area contributed by atoms with Gasteiger partial charge in [0.15, 0.2) is 0 Å². The second-order valence-electron chi connectivity index (χ2n) is 18.9. The maximum Gasteiger partial charge on any atom is 0.0540 e. The monoisotopic (exact) mass is 831 g/mol. The Morgan fingerprint density at radius 1 is 0.292 bits per heavy atom. The number of anilines is 3. The summed E-state index contributed by atoms with van der Waals surface area (Å²) in [5, 5.41) is 2.51. The Bertz CT molecular complexity index is 3460. The lowest BCUT2D eigenvalue weighted by molar-refractivity contribution is 0.660. The van der Waals surface area contributed by atoms with Crippen LogP contribution in [0.2, 0.25) is 0 Å². The number of fused-ring (bicyclic) bond motifs is 7. The minimum absolute atomic E-state index is 0.0583. The zero-order chi connectivity index (χ0) is 43.9. The zero-order valence-electron chi connectivity index (χ0n) is 37.3. The van der Waals surface area contributed by atoms with Crippen LogP contribution in [0.25, 0.3) is 77.5 Å². The molecule has 0 bridgehead atoms. The fourth-order valence-corrected chi connectivity index (χ4v) is 11.3. The molecule has 65 heavy (non-hydrogen) atoms. The van der Waals surface area contributed by atoms with E-state index in [4.69, 9.17) is 0 Å². The molecule has 2 aliphatic rings. The molecule has 0 unspecified atom stereocenters. The third kappa shape index (κ3) is 6.14. The second-order valence-corrected chi connectivity index (χ2v) is 18.9. The lowest BCUT2D eigenvalue weighted by Gasteiger charge is -2.30. The lowest BCUT2D eigenvalue weighted by Crippen LogP contribution is -2.17. The van der Waals surface area contributed by atoms with Crippen molar-refractivity contribution in [3.05, 3.63) is 247 Å². The molecule has 0 saturated heterocycles. The molecule has 0 radical (unpaired) electrons. The molecule has 0 fully saturated rings. The van der Waals surface area contributed by atoms with Gasteiger partial charge in [-0.1, -0.05) is 216 Å². The number of hydrogen-bond donors (Lipinski definition) is 0. The van der Waals surface area contributed by atoms with Crippen LogP contribution >= 0.6 is 0 Å². The smallest absolute Gasteiger partial charge is 0.0540 e. The van der Waals surface area contributed by atoms with E-state index in [1.165, 1.54) is 99.8 Å². The van der Waals surface area contributed by atoms with Gasteiger partial charge < -0.3 is 4.90 Å². The molecule has 0 heterocycles. The highest BCUT2D eigenvalue weighted by atomic mass is 15.1. The van der Waals surface area contributed by atoms with Crippen LogP contribution in [0.3, 0.4) is 0 Å². The average Bonchev–Trinajstić information content (AvgIpc) is 3.74. The van der Waals surface area contributed by atoms with Gasteiger partial charge >= 0.3 is 0 Å². The van der Waals surface area contributed by atoms with Crippen molar-refractivity contribution in [2.24, 2.45) is 0 Å². The largest absolute Gasteiger partial charge is 0.310 e. The Hall–Kier alpha value is -7.74. The van der Waals surface area contributed by atoms with Crippen LogP contribution in [-0.2, 0) is 10.8 Å². The van der Waals surface area contributed by atoms with E-state index < -0.39 is 0 Å². The highest BCUT2D eigenvalue weighted by Crippen LogP contribution is 2.54. The van der Waals surface area contributed by atoms with E-state index in [1.54, 1.807) is 0 Å². The maximum atomic E-state index is 2.46. The molecule has 0 aromatic heterocycles. The molecule has 310 valence electrons. The number of para-hydroxylation sites is 1. The van der Waals surface area contributed by atoms with Gasteiger partial charge in [0.2, 0.25) is 0 Å². The van der Waals surface area contributed by atoms with Crippen molar-refractivity contribution < 1.29 is 0 Å². The summed E-state index contributed by atoms with van der Waals surface area (Å²) in [4.78, 5) is 2.46. The van der Waals surface area contributed by atoms with Gasteiger partial charge in [0.1, 0.15) is 0 Å². The Labute approximate surface area is 383 Å². The van der Waals surface area contributed by atoms with E-state index in [0.717, 1.165) is 17.1 Å². The topological polar surface area (TPSA) is 3.24 Å². The highest BCUT2D eigenvalue weighted by molar-refractivity contribution is 6.06. The minimum Gasteiger partial charge on any atom is -0.310 e. The summed E-state index contributed by atoms with van der Waals surface area (Å²) in [6.07, 6.45) is 0. The van der Waals surface area contributed by atoms with E-state index >= 15 is 0 Å². The predicted molar refractivity (Wildman–Crippen MR) is 276 cm³/mol. The normalized spacial score (nSPS) is 13.8. The molecule has 0 atom stereocenters. The van der Waals surface area contributed by atoms with Gasteiger partial charge in [0.05, 0.1) is 5.69 Å². The standard InChI is InChI=1S/C64H49N/c1-63(2)57-28-11-8-21-51(57)53-40-35-46(41-59(53)63)42-31-36-47(37-32-42)65(60-30-13-10-23-54(60)56-27-16-26-55-52-22-9-12-29-58(52)64(3,4)62(55)56)48-38-33-44(34-39-48)50-25-15-20-45-19-14-24-49(61(45)50)43-17-6-5-7-18-43/h5-41H,1-4H3. The Morgan fingerprint density at radius 3 is 1.40 bits per heavy atom. The molecule has 10 aromatic carbocycles. The first kappa shape index (κ1) is 38.9. The highest BCUT2D eigenvalue weighted by Gasteiger charge is 2.38. The Morgan fingerprint density at radius 2 is 0.738 bits per heavy atom. The summed E-state index contributed by atoms with van der Waals surface area (Å²) >= 11 is 0. The van der Waals surface area contributed by atoms with E-state index in [2.05, 4.69) is 257 Å². The third-order valence-corrected chi connectivity index (χ3v) is 14.5. The molecule has 0 spiro atoms. The Balaban J connectivity index is 0.999. The lowest BCUT2D eigenvalue weighted by atomic mass is 9.78. The maximum absolute atomic E-state index is 2.46. The third-order valence-electron chi connectivity index (χ3n) is 14.5. The summed E-state index contributed by atoms with van der Waals surface area (Å²) in [5.74, 6) is 0. The van der Waals surface area contributed by atoms with Crippen LogP contribution in [-0.4, -0.2) is 0 Å². The van der Waals surface area contributed by atoms with Crippen molar-refractivity contribution in [2.75, 3.05) is 4.90 Å². The fraction of sp³-hybridized carbons (Fsp3) is 0.0938. The van der Waals surface area contributed by atoms with Crippen LogP contribution in [0, 0.1) is 0 Å². The number of hydrogen-bond acceptors (Lipinski definition) is 1. The molecule has 2 aliphatic carbocycles. The van der Waals surface area contributed by atoms with Crippen molar-refractivity contribution in [3.63, 3.8) is 0 Å². The van der Waals surface area contributed by atoms with Crippen molar-refractivity contribution in [1.29, 1.82) is 0 Å². The van der Waals surface area contributed by atoms with Gasteiger partial charge in [0, 0.05) is 27.8 Å². The van der Waals surface area contributed by atoms with Crippen LogP contribution in [0.5, 0.6) is 0 Å². The summed E-state index contributed by atoms with van der Waals surface area (Å²) in [7, 11) is 0.